The SMILES string of the molecule is CCCC1C[CH]CC(N)C1. The maximum atomic E-state index is 5.82. The molecule has 0 bridgehead atoms. The van der Waals surface area contributed by atoms with E-state index in [1.165, 1.54) is 25.7 Å². The molecule has 0 aromatic rings. The van der Waals surface area contributed by atoms with Crippen LogP contribution in [-0.2, 0) is 0 Å². The fourth-order valence-electron chi connectivity index (χ4n) is 1.81. The van der Waals surface area contributed by atoms with E-state index in [0.29, 0.717) is 6.04 Å². The normalized spacial score (nSPS) is 34.2. The number of hydrogen-bond donors (Lipinski definition) is 1. The summed E-state index contributed by atoms with van der Waals surface area (Å²) in [4.78, 5) is 0. The highest BCUT2D eigenvalue weighted by Gasteiger charge is 2.17. The summed E-state index contributed by atoms with van der Waals surface area (Å²) in [5.41, 5.74) is 5.82. The van der Waals surface area contributed by atoms with Crippen LogP contribution in [0.4, 0.5) is 0 Å². The molecule has 0 aromatic carbocycles. The van der Waals surface area contributed by atoms with Crippen LogP contribution in [0.3, 0.4) is 0 Å². The van der Waals surface area contributed by atoms with Crippen LogP contribution in [0.5, 0.6) is 0 Å². The molecule has 1 aliphatic carbocycles. The second-order valence-electron chi connectivity index (χ2n) is 3.41. The Kier molecular flexibility index (Phi) is 3.20. The molecule has 0 heterocycles. The smallest absolute Gasteiger partial charge is 0.00442 e. The van der Waals surface area contributed by atoms with Gasteiger partial charge in [0.1, 0.15) is 0 Å². The maximum absolute atomic E-state index is 5.82. The Labute approximate surface area is 64.0 Å². The van der Waals surface area contributed by atoms with Gasteiger partial charge in [-0.2, -0.15) is 0 Å². The molecule has 1 saturated carbocycles. The Morgan fingerprint density at radius 3 is 2.90 bits per heavy atom. The Bertz CT molecular complexity index is 88.7. The molecule has 1 rings (SSSR count). The van der Waals surface area contributed by atoms with Crippen molar-refractivity contribution in [1.29, 1.82) is 0 Å². The van der Waals surface area contributed by atoms with Crippen LogP contribution < -0.4 is 5.73 Å². The lowest BCUT2D eigenvalue weighted by Gasteiger charge is -2.25. The average molecular weight is 140 g/mol. The average Bonchev–Trinajstić information content (AvgIpc) is 1.88. The van der Waals surface area contributed by atoms with Crippen molar-refractivity contribution in [1.82, 2.24) is 0 Å². The van der Waals surface area contributed by atoms with Crippen LogP contribution in [0.15, 0.2) is 0 Å². The molecule has 2 N–H and O–H groups in total. The van der Waals surface area contributed by atoms with Gasteiger partial charge in [-0.1, -0.05) is 19.8 Å². The minimum absolute atomic E-state index is 0.463. The third-order valence-electron chi connectivity index (χ3n) is 2.30. The summed E-state index contributed by atoms with van der Waals surface area (Å²) in [6.07, 6.45) is 8.73. The molecule has 2 atom stereocenters. The topological polar surface area (TPSA) is 26.0 Å². The van der Waals surface area contributed by atoms with Crippen molar-refractivity contribution in [2.75, 3.05) is 0 Å². The Hall–Kier alpha value is -0.0400. The summed E-state index contributed by atoms with van der Waals surface area (Å²) < 4.78 is 0. The quantitative estimate of drug-likeness (QED) is 0.624. The maximum Gasteiger partial charge on any atom is 0.00442 e. The van der Waals surface area contributed by atoms with Gasteiger partial charge in [-0.3, -0.25) is 0 Å². The predicted octanol–water partition coefficient (Wildman–Crippen LogP) is 2.12. The first-order valence-electron chi connectivity index (χ1n) is 4.40. The molecule has 0 aliphatic heterocycles. The first-order chi connectivity index (χ1) is 4.83. The molecule has 0 spiro atoms. The van der Waals surface area contributed by atoms with Gasteiger partial charge in [-0.15, -0.1) is 0 Å². The van der Waals surface area contributed by atoms with Crippen LogP contribution in [0.2, 0.25) is 0 Å². The fraction of sp³-hybridized carbons (Fsp3) is 0.889. The molecule has 0 saturated heterocycles. The van der Waals surface area contributed by atoms with E-state index in [2.05, 4.69) is 13.3 Å². The molecule has 1 radical (unpaired) electrons. The fourth-order valence-corrected chi connectivity index (χ4v) is 1.81. The highest BCUT2D eigenvalue weighted by atomic mass is 14.6. The Balaban J connectivity index is 2.18. The molecule has 1 aliphatic rings. The lowest BCUT2D eigenvalue weighted by molar-refractivity contribution is 0.352. The van der Waals surface area contributed by atoms with Crippen molar-refractivity contribution in [3.8, 4) is 0 Å². The van der Waals surface area contributed by atoms with Crippen LogP contribution in [0, 0.1) is 12.3 Å². The van der Waals surface area contributed by atoms with Crippen molar-refractivity contribution in [2.24, 2.45) is 11.7 Å². The van der Waals surface area contributed by atoms with Crippen LogP contribution in [0.1, 0.15) is 39.0 Å². The van der Waals surface area contributed by atoms with Crippen molar-refractivity contribution >= 4 is 0 Å². The van der Waals surface area contributed by atoms with E-state index in [1.807, 2.05) is 0 Å². The molecule has 0 aromatic heterocycles. The molecule has 59 valence electrons. The third-order valence-corrected chi connectivity index (χ3v) is 2.30. The molecule has 1 nitrogen and oxygen atoms in total. The van der Waals surface area contributed by atoms with Gasteiger partial charge in [0.2, 0.25) is 0 Å². The summed E-state index contributed by atoms with van der Waals surface area (Å²) in [6.45, 7) is 2.25. The number of nitrogens with two attached hydrogens (primary N) is 1. The van der Waals surface area contributed by atoms with E-state index >= 15 is 0 Å². The first kappa shape index (κ1) is 8.06. The van der Waals surface area contributed by atoms with Gasteiger partial charge < -0.3 is 5.73 Å². The monoisotopic (exact) mass is 140 g/mol. The summed E-state index contributed by atoms with van der Waals surface area (Å²) in [5.74, 6) is 0.897. The molecule has 2 unspecified atom stereocenters. The lowest BCUT2D eigenvalue weighted by Crippen LogP contribution is -2.27. The standard InChI is InChI=1S/C9H18N/c1-2-4-8-5-3-6-9(10)7-8/h3,8-9H,2,4-7,10H2,1H3. The van der Waals surface area contributed by atoms with Crippen molar-refractivity contribution < 1.29 is 0 Å². The van der Waals surface area contributed by atoms with Crippen LogP contribution in [0.25, 0.3) is 0 Å². The second-order valence-corrected chi connectivity index (χ2v) is 3.41. The summed E-state index contributed by atoms with van der Waals surface area (Å²) >= 11 is 0. The second kappa shape index (κ2) is 3.97. The predicted molar refractivity (Wildman–Crippen MR) is 44.5 cm³/mol. The van der Waals surface area contributed by atoms with Crippen LogP contribution in [-0.4, -0.2) is 6.04 Å². The van der Waals surface area contributed by atoms with Gasteiger partial charge in [0, 0.05) is 6.04 Å². The molecule has 10 heavy (non-hydrogen) atoms. The largest absolute Gasteiger partial charge is 0.328 e. The number of hydrogen-bond acceptors (Lipinski definition) is 1. The minimum Gasteiger partial charge on any atom is -0.328 e. The van der Waals surface area contributed by atoms with Gasteiger partial charge in [0.15, 0.2) is 0 Å². The summed E-state index contributed by atoms with van der Waals surface area (Å²) in [7, 11) is 0. The lowest BCUT2D eigenvalue weighted by atomic mass is 9.84. The van der Waals surface area contributed by atoms with E-state index in [9.17, 15) is 0 Å². The minimum atomic E-state index is 0.463. The van der Waals surface area contributed by atoms with Gasteiger partial charge in [0.05, 0.1) is 0 Å². The van der Waals surface area contributed by atoms with Gasteiger partial charge in [0.25, 0.3) is 0 Å². The zero-order chi connectivity index (χ0) is 7.40. The molecule has 1 fully saturated rings. The molecular weight excluding hydrogens is 122 g/mol. The Morgan fingerprint density at radius 1 is 1.50 bits per heavy atom. The van der Waals surface area contributed by atoms with E-state index in [-0.39, 0.29) is 0 Å². The van der Waals surface area contributed by atoms with E-state index in [1.54, 1.807) is 0 Å². The van der Waals surface area contributed by atoms with E-state index in [0.717, 1.165) is 12.3 Å². The Morgan fingerprint density at radius 2 is 2.30 bits per heavy atom. The van der Waals surface area contributed by atoms with Crippen molar-refractivity contribution in [3.05, 3.63) is 6.42 Å². The number of rotatable bonds is 2. The first-order valence-corrected chi connectivity index (χ1v) is 4.40. The molecular formula is C9H18N. The zero-order valence-corrected chi connectivity index (χ0v) is 6.84. The van der Waals surface area contributed by atoms with Crippen LogP contribution >= 0.6 is 0 Å². The van der Waals surface area contributed by atoms with Gasteiger partial charge in [-0.05, 0) is 31.6 Å². The molecule has 0 amide bonds. The summed E-state index contributed by atoms with van der Waals surface area (Å²) in [5, 5.41) is 0. The van der Waals surface area contributed by atoms with Gasteiger partial charge in [-0.25, -0.2) is 0 Å². The zero-order valence-electron chi connectivity index (χ0n) is 6.84. The highest BCUT2D eigenvalue weighted by Crippen LogP contribution is 2.25. The highest BCUT2D eigenvalue weighted by molar-refractivity contribution is 4.84. The summed E-state index contributed by atoms with van der Waals surface area (Å²) in [6, 6.07) is 0.463. The van der Waals surface area contributed by atoms with Crippen molar-refractivity contribution in [2.45, 2.75) is 45.1 Å². The van der Waals surface area contributed by atoms with E-state index < -0.39 is 0 Å². The van der Waals surface area contributed by atoms with Gasteiger partial charge >= 0.3 is 0 Å². The third kappa shape index (κ3) is 2.30. The molecule has 1 heteroatoms. The van der Waals surface area contributed by atoms with Crippen molar-refractivity contribution in [3.63, 3.8) is 0 Å². The van der Waals surface area contributed by atoms with E-state index in [4.69, 9.17) is 5.73 Å².